The zero-order valence-electron chi connectivity index (χ0n) is 15.5. The molecule has 0 fully saturated rings. The monoisotopic (exact) mass is 376 g/mol. The number of aryl methyl sites for hydroxylation is 1. The molecule has 3 aromatic carbocycles. The second-order valence-electron chi connectivity index (χ2n) is 6.69. The summed E-state index contributed by atoms with van der Waals surface area (Å²) in [7, 11) is 1.41. The van der Waals surface area contributed by atoms with Crippen molar-refractivity contribution in [3.63, 3.8) is 0 Å². The van der Waals surface area contributed by atoms with Crippen LogP contribution < -0.4 is 15.0 Å². The standard InChI is InChI=1S/C22H20N2O4/c1-13-7-9-15(10-8-13)24-21(14-11-18(25)20(26)19(12-14)28-2)23-17-6-4-3-5-16(17)22(24)27/h3-12,21,23,25-26H,1-2H3/t21-/m0/s1. The number of benzene rings is 3. The Morgan fingerprint density at radius 3 is 2.46 bits per heavy atom. The molecule has 0 radical (unpaired) electrons. The van der Waals surface area contributed by atoms with Gasteiger partial charge in [-0.1, -0.05) is 29.8 Å². The second kappa shape index (κ2) is 6.81. The van der Waals surface area contributed by atoms with Gasteiger partial charge < -0.3 is 20.3 Å². The molecule has 1 aliphatic rings. The lowest BCUT2D eigenvalue weighted by Crippen LogP contribution is -2.43. The first-order valence-electron chi connectivity index (χ1n) is 8.85. The van der Waals surface area contributed by atoms with E-state index < -0.39 is 6.17 Å². The third-order valence-electron chi connectivity index (χ3n) is 4.85. The Hall–Kier alpha value is -3.67. The molecule has 0 unspecified atom stereocenters. The van der Waals surface area contributed by atoms with Crippen LogP contribution in [0.2, 0.25) is 0 Å². The predicted molar refractivity (Wildman–Crippen MR) is 107 cm³/mol. The zero-order valence-corrected chi connectivity index (χ0v) is 15.5. The minimum atomic E-state index is -0.592. The van der Waals surface area contributed by atoms with Crippen LogP contribution in [0.25, 0.3) is 0 Å². The lowest BCUT2D eigenvalue weighted by molar-refractivity contribution is 0.0974. The maximum absolute atomic E-state index is 13.3. The van der Waals surface area contributed by atoms with Gasteiger partial charge in [-0.05, 0) is 43.3 Å². The molecule has 142 valence electrons. The number of ether oxygens (including phenoxy) is 1. The number of anilines is 2. The molecule has 6 heteroatoms. The smallest absolute Gasteiger partial charge is 0.262 e. The number of carbonyl (C=O) groups excluding carboxylic acids is 1. The summed E-state index contributed by atoms with van der Waals surface area (Å²) in [6, 6.07) is 18.0. The Bertz CT molecular complexity index is 1050. The molecule has 28 heavy (non-hydrogen) atoms. The third-order valence-corrected chi connectivity index (χ3v) is 4.85. The van der Waals surface area contributed by atoms with Gasteiger partial charge in [-0.25, -0.2) is 0 Å². The quantitative estimate of drug-likeness (QED) is 0.597. The number of hydrogen-bond donors (Lipinski definition) is 3. The molecule has 0 spiro atoms. The van der Waals surface area contributed by atoms with Crippen molar-refractivity contribution >= 4 is 17.3 Å². The number of nitrogens with zero attached hydrogens (tertiary/aromatic N) is 1. The van der Waals surface area contributed by atoms with Gasteiger partial charge in [0.25, 0.3) is 5.91 Å². The summed E-state index contributed by atoms with van der Waals surface area (Å²) in [4.78, 5) is 15.0. The lowest BCUT2D eigenvalue weighted by atomic mass is 10.0. The maximum atomic E-state index is 13.3. The number of methoxy groups -OCH3 is 1. The first-order chi connectivity index (χ1) is 13.5. The van der Waals surface area contributed by atoms with E-state index in [1.54, 1.807) is 17.0 Å². The fourth-order valence-electron chi connectivity index (χ4n) is 3.39. The number of phenolic OH excluding ortho intramolecular Hbond substituents is 2. The van der Waals surface area contributed by atoms with Crippen molar-refractivity contribution in [1.82, 2.24) is 0 Å². The first kappa shape index (κ1) is 17.7. The topological polar surface area (TPSA) is 82.0 Å². The van der Waals surface area contributed by atoms with Crippen LogP contribution in [0.15, 0.2) is 60.7 Å². The van der Waals surface area contributed by atoms with E-state index in [9.17, 15) is 15.0 Å². The molecule has 1 heterocycles. The number of para-hydroxylation sites is 1. The molecule has 1 amide bonds. The highest BCUT2D eigenvalue weighted by Crippen LogP contribution is 2.42. The van der Waals surface area contributed by atoms with Crippen LogP contribution in [0.1, 0.15) is 27.7 Å². The Morgan fingerprint density at radius 2 is 1.75 bits per heavy atom. The van der Waals surface area contributed by atoms with Gasteiger partial charge >= 0.3 is 0 Å². The fraction of sp³-hybridized carbons (Fsp3) is 0.136. The lowest BCUT2D eigenvalue weighted by Gasteiger charge is -2.38. The molecule has 3 aromatic rings. The van der Waals surface area contributed by atoms with Crippen LogP contribution in [0.5, 0.6) is 17.2 Å². The molecule has 6 nitrogen and oxygen atoms in total. The number of carbonyl (C=O) groups is 1. The molecular weight excluding hydrogens is 356 g/mol. The van der Waals surface area contributed by atoms with E-state index in [4.69, 9.17) is 4.74 Å². The molecular formula is C22H20N2O4. The van der Waals surface area contributed by atoms with Crippen molar-refractivity contribution in [2.24, 2.45) is 0 Å². The van der Waals surface area contributed by atoms with Crippen LogP contribution in [0.3, 0.4) is 0 Å². The molecule has 0 aromatic heterocycles. The van der Waals surface area contributed by atoms with Crippen LogP contribution in [-0.4, -0.2) is 23.2 Å². The van der Waals surface area contributed by atoms with E-state index in [0.29, 0.717) is 22.5 Å². The largest absolute Gasteiger partial charge is 0.504 e. The van der Waals surface area contributed by atoms with Gasteiger partial charge in [0.05, 0.1) is 12.7 Å². The van der Waals surface area contributed by atoms with E-state index in [1.165, 1.54) is 13.2 Å². The predicted octanol–water partition coefficient (Wildman–Crippen LogP) is 4.19. The van der Waals surface area contributed by atoms with Gasteiger partial charge in [0.2, 0.25) is 5.75 Å². The van der Waals surface area contributed by atoms with Crippen LogP contribution in [0.4, 0.5) is 11.4 Å². The van der Waals surface area contributed by atoms with Crippen LogP contribution in [0, 0.1) is 6.92 Å². The van der Waals surface area contributed by atoms with E-state index in [2.05, 4.69) is 5.32 Å². The first-order valence-corrected chi connectivity index (χ1v) is 8.85. The Kier molecular flexibility index (Phi) is 4.31. The van der Waals surface area contributed by atoms with Crippen molar-refractivity contribution < 1.29 is 19.7 Å². The zero-order chi connectivity index (χ0) is 19.8. The number of nitrogens with one attached hydrogen (secondary N) is 1. The molecule has 3 N–H and O–H groups in total. The summed E-state index contributed by atoms with van der Waals surface area (Å²) < 4.78 is 5.17. The highest BCUT2D eigenvalue weighted by Gasteiger charge is 2.34. The minimum absolute atomic E-state index is 0.131. The van der Waals surface area contributed by atoms with E-state index in [1.807, 2.05) is 49.4 Å². The summed E-state index contributed by atoms with van der Waals surface area (Å²) in [5.74, 6) is -0.677. The van der Waals surface area contributed by atoms with Crippen molar-refractivity contribution in [1.29, 1.82) is 0 Å². The van der Waals surface area contributed by atoms with E-state index >= 15 is 0 Å². The highest BCUT2D eigenvalue weighted by atomic mass is 16.5. The number of amides is 1. The maximum Gasteiger partial charge on any atom is 0.262 e. The molecule has 0 saturated heterocycles. The number of aromatic hydroxyl groups is 2. The summed E-state index contributed by atoms with van der Waals surface area (Å²) in [6.45, 7) is 1.98. The van der Waals surface area contributed by atoms with Crippen LogP contribution >= 0.6 is 0 Å². The van der Waals surface area contributed by atoms with Crippen molar-refractivity contribution in [2.45, 2.75) is 13.1 Å². The molecule has 0 saturated carbocycles. The molecule has 1 atom stereocenters. The summed E-state index contributed by atoms with van der Waals surface area (Å²) in [5, 5.41) is 23.5. The molecule has 0 aliphatic carbocycles. The van der Waals surface area contributed by atoms with Gasteiger partial charge in [0.1, 0.15) is 6.17 Å². The number of fused-ring (bicyclic) bond motifs is 1. The normalized spacial score (nSPS) is 15.7. The van der Waals surface area contributed by atoms with Gasteiger partial charge in [0.15, 0.2) is 11.5 Å². The summed E-state index contributed by atoms with van der Waals surface area (Å²) >= 11 is 0. The SMILES string of the molecule is COc1cc([C@H]2Nc3ccccc3C(=O)N2c2ccc(C)cc2)cc(O)c1O. The van der Waals surface area contributed by atoms with Crippen molar-refractivity contribution in [3.8, 4) is 17.2 Å². The van der Waals surface area contributed by atoms with Gasteiger partial charge in [-0.15, -0.1) is 0 Å². The Balaban J connectivity index is 1.89. The summed E-state index contributed by atoms with van der Waals surface area (Å²) in [6.07, 6.45) is -0.592. The highest BCUT2D eigenvalue weighted by molar-refractivity contribution is 6.12. The van der Waals surface area contributed by atoms with Crippen molar-refractivity contribution in [3.05, 3.63) is 77.4 Å². The van der Waals surface area contributed by atoms with Crippen molar-refractivity contribution in [2.75, 3.05) is 17.3 Å². The van der Waals surface area contributed by atoms with Gasteiger partial charge in [-0.2, -0.15) is 0 Å². The average molecular weight is 376 g/mol. The van der Waals surface area contributed by atoms with Crippen LogP contribution in [-0.2, 0) is 0 Å². The van der Waals surface area contributed by atoms with E-state index in [0.717, 1.165) is 5.56 Å². The Labute approximate surface area is 162 Å². The third kappa shape index (κ3) is 2.89. The minimum Gasteiger partial charge on any atom is -0.504 e. The Morgan fingerprint density at radius 1 is 1.04 bits per heavy atom. The summed E-state index contributed by atoms with van der Waals surface area (Å²) in [5.41, 5.74) is 3.65. The molecule has 0 bridgehead atoms. The second-order valence-corrected chi connectivity index (χ2v) is 6.69. The van der Waals surface area contributed by atoms with E-state index in [-0.39, 0.29) is 23.2 Å². The molecule has 1 aliphatic heterocycles. The van der Waals surface area contributed by atoms with Gasteiger partial charge in [-0.3, -0.25) is 9.69 Å². The number of hydrogen-bond acceptors (Lipinski definition) is 5. The number of phenols is 2. The molecule has 4 rings (SSSR count). The number of rotatable bonds is 3. The van der Waals surface area contributed by atoms with Gasteiger partial charge in [0, 0.05) is 16.9 Å². The fourth-order valence-corrected chi connectivity index (χ4v) is 3.39. The average Bonchev–Trinajstić information content (AvgIpc) is 2.71.